The predicted molar refractivity (Wildman–Crippen MR) is 214 cm³/mol. The Hall–Kier alpha value is -1.16. The molecule has 0 aromatic carbocycles. The second-order valence-corrected chi connectivity index (χ2v) is 13.1. The summed E-state index contributed by atoms with van der Waals surface area (Å²) in [6, 6.07) is 0. The van der Waals surface area contributed by atoms with Crippen molar-refractivity contribution in [3.05, 3.63) is 48.6 Å². The third-order valence-corrected chi connectivity index (χ3v) is 8.82. The van der Waals surface area contributed by atoms with Crippen LogP contribution in [0.1, 0.15) is 201 Å². The molecule has 3 heteroatoms. The summed E-state index contributed by atoms with van der Waals surface area (Å²) in [6.45, 7) is 10.3. The molecule has 0 amide bonds. The van der Waals surface area contributed by atoms with Gasteiger partial charge in [0.2, 0.25) is 0 Å². The van der Waals surface area contributed by atoms with Crippen LogP contribution in [0.3, 0.4) is 0 Å². The van der Waals surface area contributed by atoms with Gasteiger partial charge in [-0.15, -0.1) is 0 Å². The van der Waals surface area contributed by atoms with Crippen molar-refractivity contribution in [2.24, 2.45) is 0 Å². The highest BCUT2D eigenvalue weighted by molar-refractivity contribution is 4.93. The molecular weight excluding hydrogens is 574 g/mol. The number of nitrogens with one attached hydrogen (secondary N) is 1. The minimum atomic E-state index is -0.391. The molecule has 0 aromatic rings. The average Bonchev–Trinajstić information content (AvgIpc) is 3.10. The van der Waals surface area contributed by atoms with E-state index in [1.807, 2.05) is 28.0 Å². The van der Waals surface area contributed by atoms with Gasteiger partial charge in [-0.05, 0) is 97.1 Å². The minimum Gasteiger partial charge on any atom is -0.353 e. The molecule has 47 heavy (non-hydrogen) atoms. The standard InChI is InChI=1S/C42H79NO2.C2H6/c1-5-7-9-11-13-15-17-19-21-23-25-27-29-31-33-35-38-42(44-4,45-41-37-40-43-3)39-36-34-32-30-28-26-24-22-20-18-16-14-12-10-8-6-2;1-2/h13-16,19-22,43H,5-12,17-18,23-41H2,1-4H3;1-2H3/b15-13-,16-14-,21-19-,22-20-;. The third kappa shape index (κ3) is 37.5. The molecule has 0 heterocycles. The fourth-order valence-electron chi connectivity index (χ4n) is 5.80. The highest BCUT2D eigenvalue weighted by atomic mass is 16.7. The van der Waals surface area contributed by atoms with Crippen LogP contribution in [-0.2, 0) is 9.47 Å². The largest absolute Gasteiger partial charge is 0.353 e. The zero-order valence-electron chi connectivity index (χ0n) is 32.9. The van der Waals surface area contributed by atoms with Crippen LogP contribution in [0.2, 0.25) is 0 Å². The van der Waals surface area contributed by atoms with Crippen molar-refractivity contribution in [3.63, 3.8) is 0 Å². The molecule has 0 aliphatic rings. The van der Waals surface area contributed by atoms with Crippen LogP contribution in [0.25, 0.3) is 0 Å². The molecule has 0 aliphatic heterocycles. The molecule has 1 N–H and O–H groups in total. The predicted octanol–water partition coefficient (Wildman–Crippen LogP) is 14.4. The number of unbranched alkanes of at least 4 members (excludes halogenated alkanes) is 18. The molecule has 0 radical (unpaired) electrons. The van der Waals surface area contributed by atoms with Gasteiger partial charge in [-0.1, -0.05) is 153 Å². The minimum absolute atomic E-state index is 0.391. The van der Waals surface area contributed by atoms with E-state index in [9.17, 15) is 0 Å². The summed E-state index contributed by atoms with van der Waals surface area (Å²) in [7, 11) is 3.88. The van der Waals surface area contributed by atoms with Gasteiger partial charge >= 0.3 is 0 Å². The van der Waals surface area contributed by atoms with Crippen molar-refractivity contribution < 1.29 is 9.47 Å². The van der Waals surface area contributed by atoms with E-state index in [4.69, 9.17) is 9.47 Å². The molecule has 3 nitrogen and oxygen atoms in total. The highest BCUT2D eigenvalue weighted by Gasteiger charge is 2.29. The first-order valence-electron chi connectivity index (χ1n) is 20.7. The van der Waals surface area contributed by atoms with E-state index in [2.05, 4.69) is 67.8 Å². The molecule has 0 fully saturated rings. The van der Waals surface area contributed by atoms with Crippen LogP contribution in [0.4, 0.5) is 0 Å². The second kappa shape index (κ2) is 42.9. The first-order chi connectivity index (χ1) is 23.2. The fourth-order valence-corrected chi connectivity index (χ4v) is 5.80. The molecule has 0 atom stereocenters. The van der Waals surface area contributed by atoms with Gasteiger partial charge < -0.3 is 14.8 Å². The molecule has 0 saturated heterocycles. The average molecular weight is 660 g/mol. The van der Waals surface area contributed by atoms with Crippen molar-refractivity contribution in [1.29, 1.82) is 0 Å². The van der Waals surface area contributed by atoms with Crippen molar-refractivity contribution in [3.8, 4) is 0 Å². The van der Waals surface area contributed by atoms with Crippen LogP contribution in [0.5, 0.6) is 0 Å². The van der Waals surface area contributed by atoms with E-state index in [1.54, 1.807) is 0 Å². The van der Waals surface area contributed by atoms with Crippen LogP contribution in [0, 0.1) is 0 Å². The lowest BCUT2D eigenvalue weighted by molar-refractivity contribution is -0.232. The summed E-state index contributed by atoms with van der Waals surface area (Å²) >= 11 is 0. The van der Waals surface area contributed by atoms with E-state index in [1.165, 1.54) is 141 Å². The Morgan fingerprint density at radius 3 is 1.19 bits per heavy atom. The number of methoxy groups -OCH3 is 1. The zero-order chi connectivity index (χ0) is 34.8. The van der Waals surface area contributed by atoms with E-state index in [0.29, 0.717) is 0 Å². The summed E-state index contributed by atoms with van der Waals surface area (Å²) in [5.74, 6) is -0.391. The van der Waals surface area contributed by atoms with Gasteiger partial charge in [0.25, 0.3) is 0 Å². The van der Waals surface area contributed by atoms with E-state index < -0.39 is 5.79 Å². The van der Waals surface area contributed by atoms with Gasteiger partial charge in [-0.3, -0.25) is 0 Å². The first kappa shape index (κ1) is 48.0. The van der Waals surface area contributed by atoms with Gasteiger partial charge in [-0.2, -0.15) is 0 Å². The molecule has 0 spiro atoms. The second-order valence-electron chi connectivity index (χ2n) is 13.1. The van der Waals surface area contributed by atoms with Crippen LogP contribution < -0.4 is 5.32 Å². The number of hydrogen-bond donors (Lipinski definition) is 1. The van der Waals surface area contributed by atoms with Gasteiger partial charge in [0.15, 0.2) is 5.79 Å². The Labute approximate surface area is 296 Å². The SMILES string of the molecule is CC.CCCCC/C=C\C/C=C\CCCCCCCCC(CCCCCCCC/C=C\C/C=C\CCCCC)(OC)OCCCNC. The maximum Gasteiger partial charge on any atom is 0.167 e. The summed E-state index contributed by atoms with van der Waals surface area (Å²) in [5, 5.41) is 3.24. The molecule has 0 unspecified atom stereocenters. The van der Waals surface area contributed by atoms with E-state index in [0.717, 1.165) is 45.3 Å². The van der Waals surface area contributed by atoms with Crippen LogP contribution >= 0.6 is 0 Å². The number of allylic oxidation sites excluding steroid dienone is 8. The lowest BCUT2D eigenvalue weighted by Gasteiger charge is -2.33. The van der Waals surface area contributed by atoms with E-state index >= 15 is 0 Å². The Balaban J connectivity index is 0. The van der Waals surface area contributed by atoms with Crippen molar-refractivity contribution in [2.45, 2.75) is 207 Å². The van der Waals surface area contributed by atoms with E-state index in [-0.39, 0.29) is 0 Å². The quantitative estimate of drug-likeness (QED) is 0.0412. The monoisotopic (exact) mass is 660 g/mol. The molecule has 0 rings (SSSR count). The fraction of sp³-hybridized carbons (Fsp3) is 0.818. The summed E-state index contributed by atoms with van der Waals surface area (Å²) in [5.41, 5.74) is 0. The van der Waals surface area contributed by atoms with Crippen molar-refractivity contribution in [1.82, 2.24) is 5.32 Å². The van der Waals surface area contributed by atoms with Gasteiger partial charge in [0.1, 0.15) is 0 Å². The number of hydrogen-bond acceptors (Lipinski definition) is 3. The number of rotatable bonds is 36. The molecular formula is C44H85NO2. The molecule has 0 saturated carbocycles. The highest BCUT2D eigenvalue weighted by Crippen LogP contribution is 2.28. The van der Waals surface area contributed by atoms with Crippen LogP contribution in [-0.4, -0.2) is 33.1 Å². The summed E-state index contributed by atoms with van der Waals surface area (Å²) in [4.78, 5) is 0. The Bertz CT molecular complexity index is 632. The Morgan fingerprint density at radius 2 is 0.830 bits per heavy atom. The third-order valence-electron chi connectivity index (χ3n) is 8.82. The Morgan fingerprint density at radius 1 is 0.468 bits per heavy atom. The first-order valence-corrected chi connectivity index (χ1v) is 20.7. The molecule has 0 aliphatic carbocycles. The molecule has 278 valence electrons. The maximum absolute atomic E-state index is 6.44. The van der Waals surface area contributed by atoms with Crippen LogP contribution in [0.15, 0.2) is 48.6 Å². The van der Waals surface area contributed by atoms with Gasteiger partial charge in [0.05, 0.1) is 6.61 Å². The lowest BCUT2D eigenvalue weighted by Crippen LogP contribution is -2.36. The topological polar surface area (TPSA) is 30.5 Å². The van der Waals surface area contributed by atoms with Gasteiger partial charge in [0, 0.05) is 20.0 Å². The maximum atomic E-state index is 6.44. The summed E-state index contributed by atoms with van der Waals surface area (Å²) in [6.07, 6.45) is 52.7. The lowest BCUT2D eigenvalue weighted by atomic mass is 9.98. The normalized spacial score (nSPS) is 12.3. The van der Waals surface area contributed by atoms with Crippen molar-refractivity contribution >= 4 is 0 Å². The van der Waals surface area contributed by atoms with Crippen molar-refractivity contribution in [2.75, 3.05) is 27.3 Å². The molecule has 0 bridgehead atoms. The smallest absolute Gasteiger partial charge is 0.167 e. The number of ether oxygens (including phenoxy) is 2. The Kier molecular flexibility index (Phi) is 43.7. The zero-order valence-corrected chi connectivity index (χ0v) is 32.9. The van der Waals surface area contributed by atoms with Gasteiger partial charge in [-0.25, -0.2) is 0 Å². The molecule has 0 aromatic heterocycles. The summed E-state index contributed by atoms with van der Waals surface area (Å²) < 4.78 is 12.5.